The molecule has 35 heavy (non-hydrogen) atoms. The Balaban J connectivity index is 1.71. The highest BCUT2D eigenvalue weighted by atomic mass is 19.4. The van der Waals surface area contributed by atoms with Crippen molar-refractivity contribution in [1.82, 2.24) is 30.4 Å². The molecule has 0 bridgehead atoms. The number of hydrogen-bond acceptors (Lipinski definition) is 5. The molecular formula is C23H21F3N7O2+. The van der Waals surface area contributed by atoms with E-state index in [0.29, 0.717) is 28.0 Å². The van der Waals surface area contributed by atoms with Crippen LogP contribution < -0.4 is 15.6 Å². The van der Waals surface area contributed by atoms with Crippen LogP contribution >= 0.6 is 0 Å². The first-order chi connectivity index (χ1) is 16.7. The van der Waals surface area contributed by atoms with E-state index in [1.807, 2.05) is 13.8 Å². The number of benzene rings is 1. The number of aryl methyl sites for hydroxylation is 2. The zero-order valence-corrected chi connectivity index (χ0v) is 18.8. The van der Waals surface area contributed by atoms with E-state index in [1.54, 1.807) is 30.6 Å². The van der Waals surface area contributed by atoms with Crippen LogP contribution in [0.2, 0.25) is 0 Å². The SMILES string of the molecule is CCn1ccc(CNC(=O)c2cc(-c3ccc(C)cn3)cc(-[n+]3[nH]nnc3C(F)(F)F)c2)cc1=O. The van der Waals surface area contributed by atoms with Crippen LogP contribution in [0.25, 0.3) is 16.9 Å². The lowest BCUT2D eigenvalue weighted by Gasteiger charge is -2.10. The van der Waals surface area contributed by atoms with Crippen molar-refractivity contribution in [2.24, 2.45) is 0 Å². The van der Waals surface area contributed by atoms with Crippen LogP contribution in [-0.2, 0) is 19.3 Å². The maximum absolute atomic E-state index is 13.4. The highest BCUT2D eigenvalue weighted by Gasteiger charge is 2.45. The largest absolute Gasteiger partial charge is 0.488 e. The minimum Gasteiger partial charge on any atom is -0.348 e. The Hall–Kier alpha value is -4.35. The van der Waals surface area contributed by atoms with Gasteiger partial charge in [0.2, 0.25) is 0 Å². The molecule has 0 atom stereocenters. The summed E-state index contributed by atoms with van der Waals surface area (Å²) < 4.78 is 42.5. The van der Waals surface area contributed by atoms with Gasteiger partial charge in [0.25, 0.3) is 11.5 Å². The van der Waals surface area contributed by atoms with E-state index < -0.39 is 17.9 Å². The van der Waals surface area contributed by atoms with Crippen molar-refractivity contribution < 1.29 is 22.6 Å². The lowest BCUT2D eigenvalue weighted by molar-refractivity contribution is -0.680. The fourth-order valence-electron chi connectivity index (χ4n) is 3.43. The normalized spacial score (nSPS) is 11.5. The predicted molar refractivity (Wildman–Crippen MR) is 118 cm³/mol. The van der Waals surface area contributed by atoms with Crippen LogP contribution in [0.5, 0.6) is 0 Å². The number of carbonyl (C=O) groups excluding carboxylic acids is 1. The number of alkyl halides is 3. The maximum atomic E-state index is 13.4. The molecule has 12 heteroatoms. The summed E-state index contributed by atoms with van der Waals surface area (Å²) in [6.07, 6.45) is -1.52. The first-order valence-electron chi connectivity index (χ1n) is 10.6. The number of aromatic nitrogens is 6. The second kappa shape index (κ2) is 9.49. The van der Waals surface area contributed by atoms with Crippen molar-refractivity contribution in [2.75, 3.05) is 0 Å². The molecule has 0 aliphatic carbocycles. The summed E-state index contributed by atoms with van der Waals surface area (Å²) in [5, 5.41) is 11.3. The summed E-state index contributed by atoms with van der Waals surface area (Å²) in [5.41, 5.74) is 2.28. The van der Waals surface area contributed by atoms with E-state index >= 15 is 0 Å². The average molecular weight is 484 g/mol. The number of tetrazole rings is 1. The third kappa shape index (κ3) is 5.26. The van der Waals surface area contributed by atoms with Crippen molar-refractivity contribution >= 4 is 5.91 Å². The molecular weight excluding hydrogens is 463 g/mol. The van der Waals surface area contributed by atoms with E-state index in [1.165, 1.54) is 28.8 Å². The summed E-state index contributed by atoms with van der Waals surface area (Å²) in [6.45, 7) is 4.28. The van der Waals surface area contributed by atoms with Crippen molar-refractivity contribution in [3.05, 3.63) is 87.7 Å². The van der Waals surface area contributed by atoms with Crippen molar-refractivity contribution in [2.45, 2.75) is 33.1 Å². The number of pyridine rings is 2. The molecule has 4 aromatic rings. The molecule has 3 heterocycles. The van der Waals surface area contributed by atoms with E-state index in [4.69, 9.17) is 0 Å². The zero-order valence-electron chi connectivity index (χ0n) is 18.8. The Kier molecular flexibility index (Phi) is 6.45. The first-order valence-corrected chi connectivity index (χ1v) is 10.6. The number of halogens is 3. The number of amides is 1. The summed E-state index contributed by atoms with van der Waals surface area (Å²) in [6, 6.07) is 10.9. The Morgan fingerprint density at radius 3 is 2.63 bits per heavy atom. The van der Waals surface area contributed by atoms with Gasteiger partial charge in [-0.3, -0.25) is 14.6 Å². The number of rotatable bonds is 6. The summed E-state index contributed by atoms with van der Waals surface area (Å²) in [4.78, 5) is 29.3. The van der Waals surface area contributed by atoms with Crippen LogP contribution in [0.3, 0.4) is 0 Å². The highest BCUT2D eigenvalue weighted by molar-refractivity contribution is 5.96. The third-order valence-corrected chi connectivity index (χ3v) is 5.25. The molecule has 0 radical (unpaired) electrons. The summed E-state index contributed by atoms with van der Waals surface area (Å²) >= 11 is 0. The van der Waals surface area contributed by atoms with Gasteiger partial charge in [-0.1, -0.05) is 11.3 Å². The summed E-state index contributed by atoms with van der Waals surface area (Å²) in [5.74, 6) is -1.81. The number of hydrogen-bond donors (Lipinski definition) is 2. The van der Waals surface area contributed by atoms with Gasteiger partial charge in [0, 0.05) is 42.7 Å². The van der Waals surface area contributed by atoms with Gasteiger partial charge >= 0.3 is 12.0 Å². The van der Waals surface area contributed by atoms with Crippen LogP contribution in [0.4, 0.5) is 13.2 Å². The molecule has 2 N–H and O–H groups in total. The first kappa shape index (κ1) is 23.8. The molecule has 3 aromatic heterocycles. The maximum Gasteiger partial charge on any atom is 0.488 e. The third-order valence-electron chi connectivity index (χ3n) is 5.25. The van der Waals surface area contributed by atoms with Gasteiger partial charge < -0.3 is 9.88 Å². The Labute approximate surface area is 197 Å². The molecule has 9 nitrogen and oxygen atoms in total. The van der Waals surface area contributed by atoms with Crippen LogP contribution in [0.1, 0.15) is 34.2 Å². The molecule has 0 saturated heterocycles. The van der Waals surface area contributed by atoms with E-state index in [0.717, 1.165) is 5.56 Å². The standard InChI is InChI=1S/C23H20F3N7O2/c1-3-32-7-6-15(8-20(32)34)13-28-21(35)17-9-16(19-5-4-14(2)12-27-19)10-18(11-17)33-22(23(24,25)26)29-30-31-33/h4-12H,3,13H2,1-2H3,(H,28,35)/p+1. The van der Waals surface area contributed by atoms with Crippen molar-refractivity contribution in [3.8, 4) is 16.9 Å². The average Bonchev–Trinajstić information content (AvgIpc) is 3.34. The predicted octanol–water partition coefficient (Wildman–Crippen LogP) is 2.58. The topological polar surface area (TPSA) is 109 Å². The van der Waals surface area contributed by atoms with E-state index in [2.05, 4.69) is 25.8 Å². The fraction of sp³-hybridized carbons (Fsp3) is 0.217. The lowest BCUT2D eigenvalue weighted by atomic mass is 10.0. The van der Waals surface area contributed by atoms with Crippen LogP contribution in [-0.4, -0.2) is 31.0 Å². The molecule has 1 aromatic carbocycles. The Morgan fingerprint density at radius 2 is 1.97 bits per heavy atom. The van der Waals surface area contributed by atoms with Gasteiger partial charge in [0.15, 0.2) is 5.21 Å². The molecule has 0 aliphatic rings. The monoisotopic (exact) mass is 484 g/mol. The summed E-state index contributed by atoms with van der Waals surface area (Å²) in [7, 11) is 0. The lowest BCUT2D eigenvalue weighted by Crippen LogP contribution is -2.41. The number of nitrogens with one attached hydrogen (secondary N) is 2. The van der Waals surface area contributed by atoms with E-state index in [-0.39, 0.29) is 23.4 Å². The number of H-pyrrole nitrogens is 1. The molecule has 0 fully saturated rings. The molecule has 0 aliphatic heterocycles. The molecule has 1 amide bonds. The number of carbonyl (C=O) groups is 1. The number of aromatic amines is 1. The molecule has 0 spiro atoms. The Morgan fingerprint density at radius 1 is 1.17 bits per heavy atom. The minimum absolute atomic E-state index is 0.00195. The second-order valence-corrected chi connectivity index (χ2v) is 7.79. The molecule has 180 valence electrons. The van der Waals surface area contributed by atoms with Gasteiger partial charge in [-0.2, -0.15) is 13.2 Å². The zero-order chi connectivity index (χ0) is 25.2. The van der Waals surface area contributed by atoms with Crippen LogP contribution in [0.15, 0.2) is 59.7 Å². The van der Waals surface area contributed by atoms with Gasteiger partial charge in [-0.25, -0.2) is 0 Å². The minimum atomic E-state index is -4.77. The van der Waals surface area contributed by atoms with Gasteiger partial charge in [0.1, 0.15) is 10.8 Å². The van der Waals surface area contributed by atoms with Gasteiger partial charge in [0.05, 0.1) is 5.69 Å². The number of nitrogens with zero attached hydrogens (tertiary/aromatic N) is 5. The van der Waals surface area contributed by atoms with Crippen molar-refractivity contribution in [3.63, 3.8) is 0 Å². The quantitative estimate of drug-likeness (QED) is 0.409. The van der Waals surface area contributed by atoms with Crippen molar-refractivity contribution in [1.29, 1.82) is 0 Å². The smallest absolute Gasteiger partial charge is 0.348 e. The Bertz CT molecular complexity index is 1430. The fourth-order valence-corrected chi connectivity index (χ4v) is 3.43. The molecule has 4 rings (SSSR count). The van der Waals surface area contributed by atoms with E-state index in [9.17, 15) is 22.8 Å². The second-order valence-electron chi connectivity index (χ2n) is 7.79. The van der Waals surface area contributed by atoms with Crippen LogP contribution in [0, 0.1) is 6.92 Å². The highest BCUT2D eigenvalue weighted by Crippen LogP contribution is 2.26. The van der Waals surface area contributed by atoms with Gasteiger partial charge in [-0.05, 0) is 55.3 Å². The molecule has 0 unspecified atom stereocenters. The van der Waals surface area contributed by atoms with Gasteiger partial charge in [-0.15, -0.1) is 4.68 Å². The molecule has 0 saturated carbocycles.